The Morgan fingerprint density at radius 2 is 1.00 bits per heavy atom. The van der Waals surface area contributed by atoms with Crippen molar-refractivity contribution in [1.29, 1.82) is 0 Å². The van der Waals surface area contributed by atoms with Crippen LogP contribution in [0.4, 0.5) is 0 Å². The van der Waals surface area contributed by atoms with Gasteiger partial charge < -0.3 is 4.57 Å². The van der Waals surface area contributed by atoms with Crippen LogP contribution in [0.5, 0.6) is 0 Å². The van der Waals surface area contributed by atoms with Crippen molar-refractivity contribution in [2.24, 2.45) is 0 Å². The van der Waals surface area contributed by atoms with E-state index in [1.165, 1.54) is 105 Å². The molecular formula is C50H41N. The topological polar surface area (TPSA) is 4.93 Å². The van der Waals surface area contributed by atoms with Gasteiger partial charge in [-0.05, 0) is 154 Å². The second kappa shape index (κ2) is 12.4. The maximum atomic E-state index is 2.46. The molecule has 1 nitrogen and oxygen atoms in total. The summed E-state index contributed by atoms with van der Waals surface area (Å²) in [4.78, 5) is 0. The highest BCUT2D eigenvalue weighted by Crippen LogP contribution is 2.38. The first kappa shape index (κ1) is 31.1. The summed E-state index contributed by atoms with van der Waals surface area (Å²) in [7, 11) is 0. The van der Waals surface area contributed by atoms with E-state index in [4.69, 9.17) is 0 Å². The molecule has 1 aromatic heterocycles. The van der Waals surface area contributed by atoms with Gasteiger partial charge in [-0.2, -0.15) is 0 Å². The van der Waals surface area contributed by atoms with Crippen LogP contribution in [0, 0.1) is 27.7 Å². The van der Waals surface area contributed by atoms with E-state index in [-0.39, 0.29) is 0 Å². The lowest BCUT2D eigenvalue weighted by atomic mass is 9.89. The van der Waals surface area contributed by atoms with Crippen LogP contribution >= 0.6 is 0 Å². The normalized spacial score (nSPS) is 11.7. The number of para-hydroxylation sites is 1. The van der Waals surface area contributed by atoms with E-state index in [0.717, 1.165) is 12.8 Å². The van der Waals surface area contributed by atoms with E-state index in [2.05, 4.69) is 184 Å². The molecule has 246 valence electrons. The molecule has 0 aliphatic heterocycles. The van der Waals surface area contributed by atoms with Crippen LogP contribution in [0.1, 0.15) is 44.5 Å². The average molecular weight is 656 g/mol. The zero-order valence-electron chi connectivity index (χ0n) is 29.8. The molecule has 0 bridgehead atoms. The Morgan fingerprint density at radius 1 is 0.373 bits per heavy atom. The van der Waals surface area contributed by atoms with E-state index < -0.39 is 0 Å². The summed E-state index contributed by atoms with van der Waals surface area (Å²) in [6.07, 6.45) is 1.80. The highest BCUT2D eigenvalue weighted by atomic mass is 15.0. The fourth-order valence-electron chi connectivity index (χ4n) is 8.21. The van der Waals surface area contributed by atoms with Gasteiger partial charge in [-0.3, -0.25) is 0 Å². The zero-order valence-corrected chi connectivity index (χ0v) is 29.8. The van der Waals surface area contributed by atoms with Crippen molar-refractivity contribution >= 4 is 43.4 Å². The summed E-state index contributed by atoms with van der Waals surface area (Å²) in [6.45, 7) is 8.85. The first-order chi connectivity index (χ1) is 24.9. The molecule has 1 heteroatoms. The van der Waals surface area contributed by atoms with Crippen LogP contribution in [0.3, 0.4) is 0 Å². The molecule has 0 radical (unpaired) electrons. The summed E-state index contributed by atoms with van der Waals surface area (Å²) in [6, 6.07) is 56.8. The van der Waals surface area contributed by atoms with Crippen LogP contribution in [0.15, 0.2) is 152 Å². The van der Waals surface area contributed by atoms with Gasteiger partial charge in [-0.25, -0.2) is 0 Å². The molecule has 0 aliphatic carbocycles. The quantitative estimate of drug-likeness (QED) is 0.157. The molecule has 0 atom stereocenters. The van der Waals surface area contributed by atoms with Gasteiger partial charge >= 0.3 is 0 Å². The van der Waals surface area contributed by atoms with E-state index in [0.29, 0.717) is 0 Å². The summed E-state index contributed by atoms with van der Waals surface area (Å²) in [5.41, 5.74) is 16.9. The summed E-state index contributed by atoms with van der Waals surface area (Å²) in [5, 5.41) is 7.79. The predicted octanol–water partition coefficient (Wildman–Crippen LogP) is 13.2. The summed E-state index contributed by atoms with van der Waals surface area (Å²) in [5.74, 6) is 0. The lowest BCUT2D eigenvalue weighted by Gasteiger charge is -2.15. The largest absolute Gasteiger partial charge is 0.309 e. The number of aryl methyl sites for hydroxylation is 4. The molecule has 51 heavy (non-hydrogen) atoms. The standard InChI is InChI=1S/C50H41N/c1-32-23-39(27-36-19-17-33(2)35(4)25-36)28-41(24-32)51-49-16-10-9-15-45(49)48-30-38(21-22-50(48)51)26-37-20-18-34(3)46(29-37)47-31-40-11-5-6-12-42(40)43-13-7-8-14-44(43)47/h5-25,28-31H,26-27H2,1-4H3. The minimum absolute atomic E-state index is 0.874. The van der Waals surface area contributed by atoms with E-state index in [1.54, 1.807) is 0 Å². The molecule has 9 aromatic rings. The van der Waals surface area contributed by atoms with Crippen LogP contribution in [-0.4, -0.2) is 4.57 Å². The van der Waals surface area contributed by atoms with E-state index in [9.17, 15) is 0 Å². The fraction of sp³-hybridized carbons (Fsp3) is 0.120. The van der Waals surface area contributed by atoms with Crippen LogP contribution in [-0.2, 0) is 12.8 Å². The SMILES string of the molecule is Cc1cc(Cc2ccc(C)c(C)c2)cc(-n2c3ccccc3c3cc(Cc4ccc(C)c(-c5cc6ccccc6c6ccccc56)c4)ccc32)c1. The molecular weight excluding hydrogens is 615 g/mol. The Bertz CT molecular complexity index is 2790. The third-order valence-electron chi connectivity index (χ3n) is 10.9. The van der Waals surface area contributed by atoms with Crippen molar-refractivity contribution in [2.75, 3.05) is 0 Å². The number of rotatable bonds is 6. The van der Waals surface area contributed by atoms with Gasteiger partial charge in [0.2, 0.25) is 0 Å². The van der Waals surface area contributed by atoms with Gasteiger partial charge in [0.25, 0.3) is 0 Å². The highest BCUT2D eigenvalue weighted by molar-refractivity contribution is 6.14. The van der Waals surface area contributed by atoms with E-state index >= 15 is 0 Å². The fourth-order valence-corrected chi connectivity index (χ4v) is 8.21. The predicted molar refractivity (Wildman–Crippen MR) is 219 cm³/mol. The summed E-state index contributed by atoms with van der Waals surface area (Å²) >= 11 is 0. The zero-order chi connectivity index (χ0) is 34.6. The molecule has 9 rings (SSSR count). The Labute approximate surface area is 300 Å². The lowest BCUT2D eigenvalue weighted by molar-refractivity contribution is 1.12. The monoisotopic (exact) mass is 655 g/mol. The van der Waals surface area contributed by atoms with Crippen LogP contribution < -0.4 is 0 Å². The van der Waals surface area contributed by atoms with Gasteiger partial charge in [0, 0.05) is 16.5 Å². The van der Waals surface area contributed by atoms with Crippen molar-refractivity contribution in [3.63, 3.8) is 0 Å². The van der Waals surface area contributed by atoms with Gasteiger partial charge in [0.05, 0.1) is 11.0 Å². The summed E-state index contributed by atoms with van der Waals surface area (Å²) < 4.78 is 2.46. The van der Waals surface area contributed by atoms with Crippen LogP contribution in [0.2, 0.25) is 0 Å². The third kappa shape index (κ3) is 5.60. The number of benzene rings is 8. The Hall–Kier alpha value is -5.92. The second-order valence-electron chi connectivity index (χ2n) is 14.5. The van der Waals surface area contributed by atoms with Crippen molar-refractivity contribution in [3.05, 3.63) is 196 Å². The number of aromatic nitrogens is 1. The molecule has 0 amide bonds. The highest BCUT2D eigenvalue weighted by Gasteiger charge is 2.15. The number of fused-ring (bicyclic) bond motifs is 6. The first-order valence-corrected chi connectivity index (χ1v) is 18.1. The second-order valence-corrected chi connectivity index (χ2v) is 14.5. The molecule has 8 aromatic carbocycles. The number of hydrogen-bond acceptors (Lipinski definition) is 0. The lowest BCUT2D eigenvalue weighted by Crippen LogP contribution is -1.98. The minimum atomic E-state index is 0.874. The minimum Gasteiger partial charge on any atom is -0.309 e. The Balaban J connectivity index is 1.11. The first-order valence-electron chi connectivity index (χ1n) is 18.1. The molecule has 0 N–H and O–H groups in total. The van der Waals surface area contributed by atoms with Crippen LogP contribution in [0.25, 0.3) is 60.2 Å². The molecule has 0 aliphatic rings. The molecule has 0 spiro atoms. The Kier molecular flexibility index (Phi) is 7.59. The number of nitrogens with zero attached hydrogens (tertiary/aromatic N) is 1. The van der Waals surface area contributed by atoms with Crippen molar-refractivity contribution in [2.45, 2.75) is 40.5 Å². The molecule has 0 fully saturated rings. The Morgan fingerprint density at radius 3 is 1.82 bits per heavy atom. The number of hydrogen-bond donors (Lipinski definition) is 0. The van der Waals surface area contributed by atoms with Crippen molar-refractivity contribution < 1.29 is 0 Å². The molecule has 1 heterocycles. The van der Waals surface area contributed by atoms with E-state index in [1.807, 2.05) is 0 Å². The smallest absolute Gasteiger partial charge is 0.0541 e. The maximum absolute atomic E-state index is 2.46. The van der Waals surface area contributed by atoms with Gasteiger partial charge in [-0.15, -0.1) is 0 Å². The molecule has 0 saturated carbocycles. The van der Waals surface area contributed by atoms with Crippen molar-refractivity contribution in [3.8, 4) is 16.8 Å². The average Bonchev–Trinajstić information content (AvgIpc) is 3.47. The van der Waals surface area contributed by atoms with Crippen molar-refractivity contribution in [1.82, 2.24) is 4.57 Å². The van der Waals surface area contributed by atoms with Gasteiger partial charge in [0.1, 0.15) is 0 Å². The molecule has 0 unspecified atom stereocenters. The maximum Gasteiger partial charge on any atom is 0.0541 e. The molecule has 0 saturated heterocycles. The third-order valence-corrected chi connectivity index (χ3v) is 10.9. The van der Waals surface area contributed by atoms with Gasteiger partial charge in [0.15, 0.2) is 0 Å². The van der Waals surface area contributed by atoms with Gasteiger partial charge in [-0.1, -0.05) is 115 Å².